The fourth-order valence-corrected chi connectivity index (χ4v) is 4.64. The molecule has 1 fully saturated rings. The van der Waals surface area contributed by atoms with Crippen LogP contribution in [0, 0.1) is 0 Å². The van der Waals surface area contributed by atoms with Gasteiger partial charge in [0.2, 0.25) is 0 Å². The molecule has 0 bridgehead atoms. The fraction of sp³-hybridized carbons (Fsp3) is 0.375. The Hall–Kier alpha value is -3.11. The van der Waals surface area contributed by atoms with Crippen molar-refractivity contribution in [2.45, 2.75) is 31.0 Å². The van der Waals surface area contributed by atoms with Crippen molar-refractivity contribution in [2.24, 2.45) is 0 Å². The summed E-state index contributed by atoms with van der Waals surface area (Å²) in [7, 11) is 0. The highest BCUT2D eigenvalue weighted by Crippen LogP contribution is 2.41. The van der Waals surface area contributed by atoms with Gasteiger partial charge in [0.1, 0.15) is 24.2 Å². The zero-order valence-corrected chi connectivity index (χ0v) is 19.4. The van der Waals surface area contributed by atoms with Gasteiger partial charge < -0.3 is 9.47 Å². The van der Waals surface area contributed by atoms with Crippen LogP contribution in [0.3, 0.4) is 0 Å². The number of hydrogen-bond donors (Lipinski definition) is 1. The van der Waals surface area contributed by atoms with Gasteiger partial charge in [0, 0.05) is 23.6 Å². The normalized spacial score (nSPS) is 18.8. The van der Waals surface area contributed by atoms with E-state index in [9.17, 15) is 13.2 Å². The van der Waals surface area contributed by atoms with E-state index in [0.29, 0.717) is 22.9 Å². The van der Waals surface area contributed by atoms with Gasteiger partial charge in [0.05, 0.1) is 10.6 Å². The summed E-state index contributed by atoms with van der Waals surface area (Å²) in [5.74, 6) is 1.62. The maximum absolute atomic E-state index is 13.4. The molecule has 2 aliphatic heterocycles. The van der Waals surface area contributed by atoms with Crippen LogP contribution in [0.2, 0.25) is 5.02 Å². The maximum Gasteiger partial charge on any atom is 0.416 e. The van der Waals surface area contributed by atoms with E-state index in [-0.39, 0.29) is 18.3 Å². The van der Waals surface area contributed by atoms with Gasteiger partial charge in [-0.25, -0.2) is 0 Å². The van der Waals surface area contributed by atoms with Gasteiger partial charge >= 0.3 is 6.18 Å². The second-order valence-electron chi connectivity index (χ2n) is 8.54. The van der Waals surface area contributed by atoms with E-state index in [4.69, 9.17) is 21.1 Å². The molecule has 0 radical (unpaired) electrons. The van der Waals surface area contributed by atoms with Crippen LogP contribution in [0.15, 0.2) is 42.5 Å². The minimum atomic E-state index is -4.48. The number of benzene rings is 2. The number of para-hydroxylation sites is 1. The van der Waals surface area contributed by atoms with Crippen molar-refractivity contribution in [3.63, 3.8) is 0 Å². The van der Waals surface area contributed by atoms with Gasteiger partial charge in [-0.05, 0) is 50.2 Å². The molecule has 0 amide bonds. The summed E-state index contributed by atoms with van der Waals surface area (Å²) in [5, 5.41) is 14.7. The summed E-state index contributed by atoms with van der Waals surface area (Å²) in [5.41, 5.74) is 0.554. The van der Waals surface area contributed by atoms with E-state index in [1.807, 2.05) is 18.2 Å². The number of aromatic amines is 1. The summed E-state index contributed by atoms with van der Waals surface area (Å²) in [6.07, 6.45) is 0.309. The molecule has 0 aliphatic carbocycles. The second-order valence-corrected chi connectivity index (χ2v) is 8.95. The number of halogens is 4. The lowest BCUT2D eigenvalue weighted by Crippen LogP contribution is -2.36. The highest BCUT2D eigenvalue weighted by molar-refractivity contribution is 6.32. The topological polar surface area (TPSA) is 76.2 Å². The Labute approximate surface area is 204 Å². The molecule has 0 saturated carbocycles. The lowest BCUT2D eigenvalue weighted by molar-refractivity contribution is -0.137. The van der Waals surface area contributed by atoms with Crippen LogP contribution >= 0.6 is 11.6 Å². The zero-order chi connectivity index (χ0) is 24.4. The zero-order valence-electron chi connectivity index (χ0n) is 18.6. The first-order chi connectivity index (χ1) is 16.9. The lowest BCUT2D eigenvalue weighted by atomic mass is 9.96. The monoisotopic (exact) mass is 505 g/mol. The number of aromatic nitrogens is 4. The smallest absolute Gasteiger partial charge is 0.416 e. The number of nitrogens with one attached hydrogen (secondary N) is 1. The van der Waals surface area contributed by atoms with Crippen LogP contribution in [-0.4, -0.2) is 51.8 Å². The summed E-state index contributed by atoms with van der Waals surface area (Å²) < 4.78 is 52.2. The van der Waals surface area contributed by atoms with Crippen LogP contribution in [0.4, 0.5) is 13.2 Å². The second kappa shape index (κ2) is 9.87. The standard InChI is InChI=1S/C24H23ClF3N5O2/c25-19-3-1-2-15-4-7-20(35-22(15)19)18-6-5-17(24(26,27)28)14-21(18)34-13-12-33-10-8-16(9-11-33)23-29-31-32-30-23/h1-7,14,16,20H,8-13H2,(H,29,30,31,32). The predicted octanol–water partition coefficient (Wildman–Crippen LogP) is 5.28. The third-order valence-corrected chi connectivity index (χ3v) is 6.62. The number of ether oxygens (including phenoxy) is 2. The molecule has 1 saturated heterocycles. The molecule has 7 nitrogen and oxygen atoms in total. The number of alkyl halides is 3. The number of piperidine rings is 1. The van der Waals surface area contributed by atoms with Gasteiger partial charge in [-0.2, -0.15) is 18.4 Å². The van der Waals surface area contributed by atoms with Crippen molar-refractivity contribution < 1.29 is 22.6 Å². The van der Waals surface area contributed by atoms with Gasteiger partial charge in [-0.1, -0.05) is 41.1 Å². The van der Waals surface area contributed by atoms with Gasteiger partial charge in [-0.15, -0.1) is 10.2 Å². The average Bonchev–Trinajstić information content (AvgIpc) is 3.39. The van der Waals surface area contributed by atoms with E-state index in [1.54, 1.807) is 12.1 Å². The van der Waals surface area contributed by atoms with Crippen molar-refractivity contribution in [3.05, 3.63) is 70.0 Å². The number of fused-ring (bicyclic) bond motifs is 1. The largest absolute Gasteiger partial charge is 0.492 e. The van der Waals surface area contributed by atoms with E-state index in [1.165, 1.54) is 6.07 Å². The van der Waals surface area contributed by atoms with Crippen LogP contribution in [0.25, 0.3) is 6.08 Å². The Morgan fingerprint density at radius 2 is 2.00 bits per heavy atom. The molecule has 184 valence electrons. The minimum Gasteiger partial charge on any atom is -0.492 e. The van der Waals surface area contributed by atoms with Gasteiger partial charge in [0.25, 0.3) is 0 Å². The van der Waals surface area contributed by atoms with E-state index < -0.39 is 17.8 Å². The highest BCUT2D eigenvalue weighted by Gasteiger charge is 2.33. The van der Waals surface area contributed by atoms with Gasteiger partial charge in [0.15, 0.2) is 5.82 Å². The molecule has 1 aromatic heterocycles. The molecule has 0 spiro atoms. The first-order valence-electron chi connectivity index (χ1n) is 11.3. The Balaban J connectivity index is 1.27. The van der Waals surface area contributed by atoms with Gasteiger partial charge in [-0.3, -0.25) is 4.90 Å². The molecule has 11 heteroatoms. The molecule has 3 aromatic rings. The summed E-state index contributed by atoms with van der Waals surface area (Å²) in [6.45, 7) is 2.48. The highest BCUT2D eigenvalue weighted by atomic mass is 35.5. The van der Waals surface area contributed by atoms with Crippen LogP contribution < -0.4 is 9.47 Å². The predicted molar refractivity (Wildman–Crippen MR) is 123 cm³/mol. The van der Waals surface area contributed by atoms with E-state index in [2.05, 4.69) is 25.5 Å². The average molecular weight is 506 g/mol. The van der Waals surface area contributed by atoms with Crippen molar-refractivity contribution in [2.75, 3.05) is 26.2 Å². The molecular weight excluding hydrogens is 483 g/mol. The number of likely N-dealkylation sites (tertiary alicyclic amines) is 1. The summed E-state index contributed by atoms with van der Waals surface area (Å²) in [4.78, 5) is 2.22. The molecule has 2 aromatic carbocycles. The maximum atomic E-state index is 13.4. The van der Waals surface area contributed by atoms with E-state index >= 15 is 0 Å². The summed E-state index contributed by atoms with van der Waals surface area (Å²) in [6, 6.07) is 8.88. The number of H-pyrrole nitrogens is 1. The third kappa shape index (κ3) is 5.28. The Morgan fingerprint density at radius 1 is 1.17 bits per heavy atom. The molecule has 1 unspecified atom stereocenters. The third-order valence-electron chi connectivity index (χ3n) is 6.32. The van der Waals surface area contributed by atoms with Crippen LogP contribution in [0.1, 0.15) is 47.4 Å². The van der Waals surface area contributed by atoms with Crippen molar-refractivity contribution in [1.29, 1.82) is 0 Å². The minimum absolute atomic E-state index is 0.145. The van der Waals surface area contributed by atoms with Crippen molar-refractivity contribution >= 4 is 17.7 Å². The molecule has 3 heterocycles. The molecule has 5 rings (SSSR count). The first kappa shape index (κ1) is 23.6. The molecule has 1 N–H and O–H groups in total. The molecule has 2 aliphatic rings. The number of hydrogen-bond acceptors (Lipinski definition) is 6. The Kier molecular flexibility index (Phi) is 6.66. The SMILES string of the molecule is FC(F)(F)c1ccc(C2C=Cc3cccc(Cl)c3O2)c(OCCN2CCC(c3nn[nH]n3)CC2)c1. The quantitative estimate of drug-likeness (QED) is 0.491. The lowest BCUT2D eigenvalue weighted by Gasteiger charge is -2.30. The number of nitrogens with zero attached hydrogens (tertiary/aromatic N) is 4. The fourth-order valence-electron chi connectivity index (χ4n) is 4.42. The van der Waals surface area contributed by atoms with Crippen molar-refractivity contribution in [1.82, 2.24) is 25.5 Å². The van der Waals surface area contributed by atoms with Crippen LogP contribution in [-0.2, 0) is 6.18 Å². The molecule has 35 heavy (non-hydrogen) atoms. The van der Waals surface area contributed by atoms with E-state index in [0.717, 1.165) is 49.5 Å². The van der Waals surface area contributed by atoms with Crippen LogP contribution in [0.5, 0.6) is 11.5 Å². The summed E-state index contributed by atoms with van der Waals surface area (Å²) >= 11 is 6.27. The Bertz CT molecular complexity index is 1190. The number of rotatable bonds is 6. The first-order valence-corrected chi connectivity index (χ1v) is 11.7. The van der Waals surface area contributed by atoms with Crippen molar-refractivity contribution in [3.8, 4) is 11.5 Å². The number of tetrazole rings is 1. The molecule has 1 atom stereocenters. The Morgan fingerprint density at radius 3 is 2.74 bits per heavy atom. The molecular formula is C24H23ClF3N5O2.